The lowest BCUT2D eigenvalue weighted by Gasteiger charge is -2.04. The van der Waals surface area contributed by atoms with Gasteiger partial charge in [0.1, 0.15) is 0 Å². The minimum Gasteiger partial charge on any atom is -0.479 e. The van der Waals surface area contributed by atoms with E-state index in [2.05, 4.69) is 25.3 Å². The van der Waals surface area contributed by atoms with Crippen LogP contribution in [0.25, 0.3) is 10.9 Å². The Morgan fingerprint density at radius 1 is 1.00 bits per heavy atom. The molecule has 0 saturated carbocycles. The van der Waals surface area contributed by atoms with Crippen molar-refractivity contribution in [1.29, 1.82) is 0 Å². The lowest BCUT2D eigenvalue weighted by atomic mass is 10.2. The van der Waals surface area contributed by atoms with E-state index in [0.29, 0.717) is 0 Å². The monoisotopic (exact) mass is 243 g/mol. The molecule has 0 aliphatic rings. The summed E-state index contributed by atoms with van der Waals surface area (Å²) in [6.07, 6.45) is 1.84. The first-order valence-corrected chi connectivity index (χ1v) is 5.19. The first kappa shape index (κ1) is 10.3. The summed E-state index contributed by atoms with van der Waals surface area (Å²) in [5.74, 6) is 0.0749. The third kappa shape index (κ3) is 1.88. The van der Waals surface area contributed by atoms with Crippen LogP contribution < -0.4 is 5.32 Å². The van der Waals surface area contributed by atoms with Crippen molar-refractivity contribution in [3.8, 4) is 12.0 Å². The number of nitrogens with zero attached hydrogens (tertiary/aromatic N) is 3. The zero-order chi connectivity index (χ0) is 12.5. The van der Waals surface area contributed by atoms with Gasteiger partial charge >= 0.3 is 12.0 Å². The Morgan fingerprint density at radius 2 is 1.78 bits per heavy atom. The van der Waals surface area contributed by atoms with Gasteiger partial charge in [-0.05, 0) is 23.6 Å². The Bertz CT molecular complexity index is 689. The van der Waals surface area contributed by atoms with Gasteiger partial charge in [0.25, 0.3) is 0 Å². The number of benzene rings is 1. The van der Waals surface area contributed by atoms with E-state index in [9.17, 15) is 0 Å². The van der Waals surface area contributed by atoms with Crippen LogP contribution in [0.5, 0.6) is 12.0 Å². The fourth-order valence-corrected chi connectivity index (χ4v) is 1.66. The minimum atomic E-state index is -0.536. The Hall–Kier alpha value is -2.83. The molecule has 0 aliphatic carbocycles. The molecule has 7 nitrogen and oxygen atoms in total. The van der Waals surface area contributed by atoms with Gasteiger partial charge in [-0.1, -0.05) is 6.07 Å². The van der Waals surface area contributed by atoms with Gasteiger partial charge in [-0.3, -0.25) is 0 Å². The number of rotatable bonds is 2. The number of aromatic amines is 1. The van der Waals surface area contributed by atoms with E-state index in [-0.39, 0.29) is 5.95 Å². The third-order valence-corrected chi connectivity index (χ3v) is 2.42. The van der Waals surface area contributed by atoms with Gasteiger partial charge in [0.05, 0.1) is 0 Å². The molecule has 4 N–H and O–H groups in total. The number of nitrogens with one attached hydrogen (secondary N) is 2. The lowest BCUT2D eigenvalue weighted by molar-refractivity contribution is 0.384. The molecule has 0 unspecified atom stereocenters. The highest BCUT2D eigenvalue weighted by Gasteiger charge is 2.05. The highest BCUT2D eigenvalue weighted by atomic mass is 16.3. The molecule has 1 aromatic carbocycles. The molecule has 0 spiro atoms. The molecule has 90 valence electrons. The van der Waals surface area contributed by atoms with Crippen LogP contribution in [-0.2, 0) is 0 Å². The number of anilines is 2. The van der Waals surface area contributed by atoms with Crippen molar-refractivity contribution in [2.75, 3.05) is 5.32 Å². The van der Waals surface area contributed by atoms with Crippen LogP contribution in [0.1, 0.15) is 0 Å². The van der Waals surface area contributed by atoms with Crippen LogP contribution in [0, 0.1) is 0 Å². The second kappa shape index (κ2) is 3.88. The number of aromatic nitrogens is 4. The van der Waals surface area contributed by atoms with E-state index in [1.165, 1.54) is 0 Å². The highest BCUT2D eigenvalue weighted by Crippen LogP contribution is 2.21. The molecule has 0 aliphatic heterocycles. The molecular formula is C11H9N5O2. The van der Waals surface area contributed by atoms with Crippen LogP contribution in [0.3, 0.4) is 0 Å². The van der Waals surface area contributed by atoms with Crippen LogP contribution in [0.15, 0.2) is 30.5 Å². The van der Waals surface area contributed by atoms with Crippen molar-refractivity contribution < 1.29 is 10.2 Å². The van der Waals surface area contributed by atoms with E-state index < -0.39 is 12.0 Å². The molecule has 7 heteroatoms. The van der Waals surface area contributed by atoms with Crippen molar-refractivity contribution in [2.24, 2.45) is 0 Å². The lowest BCUT2D eigenvalue weighted by Crippen LogP contribution is -1.98. The summed E-state index contributed by atoms with van der Waals surface area (Å²) in [7, 11) is 0. The molecule has 3 rings (SSSR count). The molecule has 18 heavy (non-hydrogen) atoms. The van der Waals surface area contributed by atoms with Gasteiger partial charge in [-0.15, -0.1) is 4.98 Å². The van der Waals surface area contributed by atoms with Crippen molar-refractivity contribution in [2.45, 2.75) is 0 Å². The van der Waals surface area contributed by atoms with E-state index in [1.54, 1.807) is 0 Å². The normalized spacial score (nSPS) is 10.7. The van der Waals surface area contributed by atoms with E-state index in [1.807, 2.05) is 30.5 Å². The largest absolute Gasteiger partial charge is 0.479 e. The maximum absolute atomic E-state index is 9.14. The smallest absolute Gasteiger partial charge is 0.321 e. The van der Waals surface area contributed by atoms with E-state index in [0.717, 1.165) is 16.6 Å². The maximum atomic E-state index is 9.14. The number of fused-ring (bicyclic) bond motifs is 1. The second-order valence-corrected chi connectivity index (χ2v) is 3.66. The van der Waals surface area contributed by atoms with E-state index >= 15 is 0 Å². The summed E-state index contributed by atoms with van der Waals surface area (Å²) in [6.45, 7) is 0. The number of hydrogen-bond acceptors (Lipinski definition) is 6. The summed E-state index contributed by atoms with van der Waals surface area (Å²) in [6, 6.07) is 6.52. The summed E-state index contributed by atoms with van der Waals surface area (Å²) in [5.41, 5.74) is 1.69. The Balaban J connectivity index is 1.95. The predicted octanol–water partition coefficient (Wildman–Crippen LogP) is 1.51. The zero-order valence-electron chi connectivity index (χ0n) is 9.12. The number of aromatic hydroxyl groups is 2. The minimum absolute atomic E-state index is 0.0749. The van der Waals surface area contributed by atoms with Crippen LogP contribution in [0.2, 0.25) is 0 Å². The van der Waals surface area contributed by atoms with Crippen molar-refractivity contribution in [3.05, 3.63) is 30.5 Å². The summed E-state index contributed by atoms with van der Waals surface area (Å²) >= 11 is 0. The molecule has 3 aromatic rings. The standard InChI is InChI=1S/C11H9N5O2/c17-10-14-9(15-11(18)16-10)13-7-2-1-6-3-4-12-8(6)5-7/h1-5,12H,(H3,13,14,15,16,17,18). The Morgan fingerprint density at radius 3 is 2.56 bits per heavy atom. The molecule has 0 atom stereocenters. The molecule has 0 bridgehead atoms. The molecule has 0 radical (unpaired) electrons. The first-order valence-electron chi connectivity index (χ1n) is 5.19. The third-order valence-electron chi connectivity index (χ3n) is 2.42. The average Bonchev–Trinajstić information content (AvgIpc) is 2.74. The topological polar surface area (TPSA) is 107 Å². The summed E-state index contributed by atoms with van der Waals surface area (Å²) < 4.78 is 0. The van der Waals surface area contributed by atoms with Gasteiger partial charge in [0, 0.05) is 17.4 Å². The van der Waals surface area contributed by atoms with Crippen molar-refractivity contribution in [3.63, 3.8) is 0 Å². The second-order valence-electron chi connectivity index (χ2n) is 3.66. The first-order chi connectivity index (χ1) is 8.70. The molecule has 0 fully saturated rings. The molecular weight excluding hydrogens is 234 g/mol. The van der Waals surface area contributed by atoms with Gasteiger partial charge < -0.3 is 20.5 Å². The van der Waals surface area contributed by atoms with Gasteiger partial charge in [-0.25, -0.2) is 0 Å². The molecule has 0 amide bonds. The molecule has 2 heterocycles. The number of hydrogen-bond donors (Lipinski definition) is 4. The molecule has 2 aromatic heterocycles. The van der Waals surface area contributed by atoms with Gasteiger partial charge in [0.15, 0.2) is 0 Å². The highest BCUT2D eigenvalue weighted by molar-refractivity contribution is 5.83. The van der Waals surface area contributed by atoms with E-state index in [4.69, 9.17) is 10.2 Å². The quantitative estimate of drug-likeness (QED) is 0.543. The fourth-order valence-electron chi connectivity index (χ4n) is 1.66. The maximum Gasteiger partial charge on any atom is 0.321 e. The average molecular weight is 243 g/mol. The predicted molar refractivity (Wildman–Crippen MR) is 64.7 cm³/mol. The van der Waals surface area contributed by atoms with Crippen LogP contribution >= 0.6 is 0 Å². The molecule has 0 saturated heterocycles. The zero-order valence-corrected chi connectivity index (χ0v) is 9.12. The summed E-state index contributed by atoms with van der Waals surface area (Å²) in [4.78, 5) is 13.6. The summed E-state index contributed by atoms with van der Waals surface area (Å²) in [5, 5.41) is 22.2. The Kier molecular flexibility index (Phi) is 2.23. The fraction of sp³-hybridized carbons (Fsp3) is 0. The van der Waals surface area contributed by atoms with Crippen molar-refractivity contribution >= 4 is 22.5 Å². The Labute approximate surface area is 101 Å². The van der Waals surface area contributed by atoms with Gasteiger partial charge in [0.2, 0.25) is 5.95 Å². The van der Waals surface area contributed by atoms with Crippen LogP contribution in [0.4, 0.5) is 11.6 Å². The van der Waals surface area contributed by atoms with Gasteiger partial charge in [-0.2, -0.15) is 9.97 Å². The van der Waals surface area contributed by atoms with Crippen molar-refractivity contribution in [1.82, 2.24) is 19.9 Å². The SMILES string of the molecule is Oc1nc(O)nc(Nc2ccc3cc[nH]c3c2)n1. The number of H-pyrrole nitrogens is 1. The van der Waals surface area contributed by atoms with Crippen LogP contribution in [-0.4, -0.2) is 30.1 Å².